The predicted octanol–water partition coefficient (Wildman–Crippen LogP) is 6.99. The summed E-state index contributed by atoms with van der Waals surface area (Å²) in [6.45, 7) is 0. The van der Waals surface area contributed by atoms with Gasteiger partial charge in [0.05, 0.1) is 10.0 Å². The molecule has 1 atom stereocenters. The molecule has 0 saturated heterocycles. The molecule has 1 aliphatic rings. The number of alkyl halides is 3. The minimum absolute atomic E-state index is 0.0140. The number of hydrogen-bond acceptors (Lipinski definition) is 4. The second-order valence-electron chi connectivity index (χ2n) is 8.05. The first-order valence-corrected chi connectivity index (χ1v) is 13.4. The number of nitrogens with zero attached hydrogens (tertiary/aromatic N) is 1. The molecule has 1 fully saturated rings. The zero-order valence-corrected chi connectivity index (χ0v) is 20.7. The van der Waals surface area contributed by atoms with Crippen LogP contribution in [0.3, 0.4) is 0 Å². The molecule has 34 heavy (non-hydrogen) atoms. The zero-order valence-electron chi connectivity index (χ0n) is 17.6. The molecule has 11 heteroatoms. The maximum Gasteiger partial charge on any atom is 0.425 e. The van der Waals surface area contributed by atoms with E-state index >= 15 is 0 Å². The SMILES string of the molecule is O=S(=O)(c1cc(Cl)sc1Cl)N(c1ccc(C(O)(c2ccccc2)C(F)(F)F)cc1)C1CCCC1. The Bertz CT molecular complexity index is 1260. The number of rotatable bonds is 6. The second-order valence-corrected chi connectivity index (χ2v) is 12.1. The van der Waals surface area contributed by atoms with Crippen molar-refractivity contribution >= 4 is 50.2 Å². The van der Waals surface area contributed by atoms with Crippen LogP contribution in [0.15, 0.2) is 65.6 Å². The monoisotopic (exact) mass is 549 g/mol. The van der Waals surface area contributed by atoms with Crippen LogP contribution < -0.4 is 4.31 Å². The minimum Gasteiger partial charge on any atom is -0.372 e. The van der Waals surface area contributed by atoms with Crippen molar-refractivity contribution in [3.63, 3.8) is 0 Å². The zero-order chi connectivity index (χ0) is 24.7. The lowest BCUT2D eigenvalue weighted by Crippen LogP contribution is -2.43. The Morgan fingerprint density at radius 1 is 0.941 bits per heavy atom. The third-order valence-electron chi connectivity index (χ3n) is 5.96. The van der Waals surface area contributed by atoms with E-state index in [4.69, 9.17) is 23.2 Å². The highest BCUT2D eigenvalue weighted by Crippen LogP contribution is 2.45. The van der Waals surface area contributed by atoms with Crippen LogP contribution in [0.5, 0.6) is 0 Å². The number of anilines is 1. The Morgan fingerprint density at radius 2 is 1.50 bits per heavy atom. The van der Waals surface area contributed by atoms with Gasteiger partial charge in [-0.2, -0.15) is 13.2 Å². The number of aliphatic hydroxyl groups is 1. The summed E-state index contributed by atoms with van der Waals surface area (Å²) >= 11 is 13.0. The largest absolute Gasteiger partial charge is 0.425 e. The molecular formula is C23H20Cl2F3NO3S2. The highest BCUT2D eigenvalue weighted by Gasteiger charge is 2.56. The van der Waals surface area contributed by atoms with E-state index in [1.165, 1.54) is 46.8 Å². The van der Waals surface area contributed by atoms with Gasteiger partial charge in [0, 0.05) is 6.04 Å². The summed E-state index contributed by atoms with van der Waals surface area (Å²) in [6, 6.07) is 12.4. The van der Waals surface area contributed by atoms with Gasteiger partial charge in [0.1, 0.15) is 9.23 Å². The first-order chi connectivity index (χ1) is 16.0. The lowest BCUT2D eigenvalue weighted by atomic mass is 9.85. The van der Waals surface area contributed by atoms with E-state index in [9.17, 15) is 26.7 Å². The molecule has 3 aromatic rings. The van der Waals surface area contributed by atoms with Gasteiger partial charge in [-0.15, -0.1) is 11.3 Å². The molecule has 0 aliphatic heterocycles. The average molecular weight is 550 g/mol. The molecule has 1 aliphatic carbocycles. The molecule has 0 spiro atoms. The lowest BCUT2D eigenvalue weighted by Gasteiger charge is -2.33. The molecule has 1 aromatic heterocycles. The third-order valence-corrected chi connectivity index (χ3v) is 9.59. The van der Waals surface area contributed by atoms with Crippen LogP contribution in [0.4, 0.5) is 18.9 Å². The van der Waals surface area contributed by atoms with E-state index in [2.05, 4.69) is 0 Å². The van der Waals surface area contributed by atoms with E-state index in [0.717, 1.165) is 36.3 Å². The molecule has 4 rings (SSSR count). The van der Waals surface area contributed by atoms with E-state index in [-0.39, 0.29) is 30.9 Å². The number of benzene rings is 2. The van der Waals surface area contributed by atoms with Gasteiger partial charge in [0.15, 0.2) is 0 Å². The molecule has 0 bridgehead atoms. The van der Waals surface area contributed by atoms with Crippen LogP contribution in [-0.4, -0.2) is 25.7 Å². The van der Waals surface area contributed by atoms with Gasteiger partial charge in [-0.05, 0) is 42.2 Å². The molecule has 0 radical (unpaired) electrons. The minimum atomic E-state index is -5.01. The predicted molar refractivity (Wildman–Crippen MR) is 128 cm³/mol. The van der Waals surface area contributed by atoms with Crippen molar-refractivity contribution in [1.29, 1.82) is 0 Å². The quantitative estimate of drug-likeness (QED) is 0.360. The normalized spacial score (nSPS) is 17.0. The summed E-state index contributed by atoms with van der Waals surface area (Å²) in [7, 11) is -4.13. The van der Waals surface area contributed by atoms with E-state index in [0.29, 0.717) is 12.8 Å². The van der Waals surface area contributed by atoms with E-state index < -0.39 is 27.4 Å². The van der Waals surface area contributed by atoms with E-state index in [1.54, 1.807) is 6.07 Å². The van der Waals surface area contributed by atoms with Gasteiger partial charge < -0.3 is 5.11 Å². The Balaban J connectivity index is 1.80. The van der Waals surface area contributed by atoms with E-state index in [1.807, 2.05) is 0 Å². The molecule has 1 unspecified atom stereocenters. The van der Waals surface area contributed by atoms with Gasteiger partial charge >= 0.3 is 6.18 Å². The van der Waals surface area contributed by atoms with Crippen LogP contribution in [-0.2, 0) is 15.6 Å². The summed E-state index contributed by atoms with van der Waals surface area (Å²) in [5.41, 5.74) is -3.83. The Kier molecular flexibility index (Phi) is 6.96. The molecule has 1 N–H and O–H groups in total. The second kappa shape index (κ2) is 9.35. The molecule has 182 valence electrons. The van der Waals surface area contributed by atoms with Gasteiger partial charge in [-0.25, -0.2) is 8.42 Å². The number of sulfonamides is 1. The summed E-state index contributed by atoms with van der Waals surface area (Å²) in [6.07, 6.45) is -2.14. The summed E-state index contributed by atoms with van der Waals surface area (Å²) in [5.74, 6) is 0. The van der Waals surface area contributed by atoms with Crippen molar-refractivity contribution in [2.24, 2.45) is 0 Å². The molecule has 0 amide bonds. The summed E-state index contributed by atoms with van der Waals surface area (Å²) in [4.78, 5) is -0.142. The topological polar surface area (TPSA) is 57.6 Å². The highest BCUT2D eigenvalue weighted by molar-refractivity contribution is 7.93. The van der Waals surface area contributed by atoms with Gasteiger partial charge in [-0.1, -0.05) is 78.5 Å². The smallest absolute Gasteiger partial charge is 0.372 e. The Hall–Kier alpha value is -1.78. The fourth-order valence-electron chi connectivity index (χ4n) is 4.31. The summed E-state index contributed by atoms with van der Waals surface area (Å²) < 4.78 is 70.8. The highest BCUT2D eigenvalue weighted by atomic mass is 35.5. The fraction of sp³-hybridized carbons (Fsp3) is 0.304. The number of thiophene rings is 1. The summed E-state index contributed by atoms with van der Waals surface area (Å²) in [5, 5.41) is 10.8. The maximum atomic E-state index is 14.1. The average Bonchev–Trinajstić information content (AvgIpc) is 3.43. The van der Waals surface area contributed by atoms with Crippen LogP contribution in [0.2, 0.25) is 8.67 Å². The third kappa shape index (κ3) is 4.44. The van der Waals surface area contributed by atoms with Crippen molar-refractivity contribution < 1.29 is 26.7 Å². The Labute approximate surface area is 209 Å². The molecular weight excluding hydrogens is 530 g/mol. The van der Waals surface area contributed by atoms with Crippen molar-refractivity contribution in [3.05, 3.63) is 80.5 Å². The number of halogens is 5. The molecule has 1 saturated carbocycles. The van der Waals surface area contributed by atoms with Gasteiger partial charge in [0.25, 0.3) is 10.0 Å². The lowest BCUT2D eigenvalue weighted by molar-refractivity contribution is -0.248. The molecule has 4 nitrogen and oxygen atoms in total. The van der Waals surface area contributed by atoms with Crippen LogP contribution in [0, 0.1) is 0 Å². The van der Waals surface area contributed by atoms with Crippen molar-refractivity contribution in [3.8, 4) is 0 Å². The first kappa shape index (κ1) is 25.3. The van der Waals surface area contributed by atoms with Crippen LogP contribution >= 0.6 is 34.5 Å². The maximum absolute atomic E-state index is 14.1. The number of hydrogen-bond donors (Lipinski definition) is 1. The van der Waals surface area contributed by atoms with Gasteiger partial charge in [-0.3, -0.25) is 4.31 Å². The van der Waals surface area contributed by atoms with Crippen molar-refractivity contribution in [1.82, 2.24) is 0 Å². The van der Waals surface area contributed by atoms with Crippen molar-refractivity contribution in [2.45, 2.75) is 48.4 Å². The Morgan fingerprint density at radius 3 is 2.00 bits per heavy atom. The molecule has 1 heterocycles. The van der Waals surface area contributed by atoms with Crippen molar-refractivity contribution in [2.75, 3.05) is 4.31 Å². The van der Waals surface area contributed by atoms with Gasteiger partial charge in [0.2, 0.25) is 5.60 Å². The van der Waals surface area contributed by atoms with Crippen LogP contribution in [0.1, 0.15) is 36.8 Å². The van der Waals surface area contributed by atoms with Crippen LogP contribution in [0.25, 0.3) is 0 Å². The standard InChI is InChI=1S/C23H20Cl2F3NO3S2/c24-20-14-19(21(25)33-20)34(31,32)29(17-8-4-5-9-17)18-12-10-16(11-13-18)22(30,23(26,27)28)15-6-2-1-3-7-15/h1-3,6-7,10-14,17,30H,4-5,8-9H2. The molecule has 2 aromatic carbocycles. The fourth-order valence-corrected chi connectivity index (χ4v) is 8.14. The first-order valence-electron chi connectivity index (χ1n) is 10.4.